The van der Waals surface area contributed by atoms with Crippen molar-refractivity contribution >= 4 is 22.8 Å². The first kappa shape index (κ1) is 15.8. The van der Waals surface area contributed by atoms with Crippen LogP contribution in [0, 0.1) is 12.7 Å². The molecule has 0 aliphatic carbocycles. The summed E-state index contributed by atoms with van der Waals surface area (Å²) in [5.74, 6) is 0.383. The SMILES string of the molecule is Cc1nc2ccccc2nc1CSc1nccn1-c1cccc(F)c1. The maximum absolute atomic E-state index is 13.5. The lowest BCUT2D eigenvalue weighted by Crippen LogP contribution is -1.99. The number of aryl methyl sites for hydroxylation is 1. The van der Waals surface area contributed by atoms with Crippen molar-refractivity contribution < 1.29 is 4.39 Å². The minimum Gasteiger partial charge on any atom is -0.295 e. The number of benzene rings is 2. The van der Waals surface area contributed by atoms with Crippen molar-refractivity contribution in [3.63, 3.8) is 0 Å². The zero-order valence-electron chi connectivity index (χ0n) is 13.6. The summed E-state index contributed by atoms with van der Waals surface area (Å²) in [6, 6.07) is 14.3. The fraction of sp³-hybridized carbons (Fsp3) is 0.105. The van der Waals surface area contributed by atoms with E-state index >= 15 is 0 Å². The van der Waals surface area contributed by atoms with E-state index < -0.39 is 0 Å². The molecule has 0 unspecified atom stereocenters. The molecule has 0 aliphatic rings. The monoisotopic (exact) mass is 350 g/mol. The highest BCUT2D eigenvalue weighted by atomic mass is 32.2. The number of thioether (sulfide) groups is 1. The maximum Gasteiger partial charge on any atom is 0.172 e. The molecule has 0 atom stereocenters. The van der Waals surface area contributed by atoms with Crippen molar-refractivity contribution in [3.8, 4) is 5.69 Å². The molecule has 124 valence electrons. The summed E-state index contributed by atoms with van der Waals surface area (Å²) in [6.45, 7) is 1.97. The van der Waals surface area contributed by atoms with Gasteiger partial charge in [-0.3, -0.25) is 4.57 Å². The molecule has 0 amide bonds. The van der Waals surface area contributed by atoms with Crippen molar-refractivity contribution in [1.29, 1.82) is 0 Å². The molecule has 0 saturated carbocycles. The van der Waals surface area contributed by atoms with E-state index in [0.29, 0.717) is 5.75 Å². The summed E-state index contributed by atoms with van der Waals surface area (Å²) in [5, 5.41) is 0.792. The minimum atomic E-state index is -0.265. The summed E-state index contributed by atoms with van der Waals surface area (Å²) < 4.78 is 15.4. The number of imidazole rings is 1. The Balaban J connectivity index is 1.60. The van der Waals surface area contributed by atoms with Crippen molar-refractivity contribution in [3.05, 3.63) is 78.1 Å². The number of nitrogens with zero attached hydrogens (tertiary/aromatic N) is 4. The quantitative estimate of drug-likeness (QED) is 0.506. The Morgan fingerprint density at radius 3 is 2.64 bits per heavy atom. The van der Waals surface area contributed by atoms with Gasteiger partial charge >= 0.3 is 0 Å². The molecule has 4 rings (SSSR count). The molecule has 2 aromatic heterocycles. The van der Waals surface area contributed by atoms with Gasteiger partial charge in [0, 0.05) is 18.1 Å². The van der Waals surface area contributed by atoms with Gasteiger partial charge in [0.25, 0.3) is 0 Å². The van der Waals surface area contributed by atoms with Gasteiger partial charge < -0.3 is 0 Å². The summed E-state index contributed by atoms with van der Waals surface area (Å²) in [5.41, 5.74) is 4.38. The highest BCUT2D eigenvalue weighted by Crippen LogP contribution is 2.25. The van der Waals surface area contributed by atoms with Crippen LogP contribution in [-0.4, -0.2) is 19.5 Å². The summed E-state index contributed by atoms with van der Waals surface area (Å²) in [6.07, 6.45) is 3.54. The molecule has 4 nitrogen and oxygen atoms in total. The van der Waals surface area contributed by atoms with E-state index in [1.165, 1.54) is 12.1 Å². The molecule has 0 aliphatic heterocycles. The number of rotatable bonds is 4. The maximum atomic E-state index is 13.5. The molecule has 6 heteroatoms. The highest BCUT2D eigenvalue weighted by molar-refractivity contribution is 7.98. The molecular formula is C19H15FN4S. The first-order chi connectivity index (χ1) is 12.2. The molecule has 0 saturated heterocycles. The van der Waals surface area contributed by atoms with Crippen molar-refractivity contribution in [2.45, 2.75) is 17.8 Å². The molecule has 0 spiro atoms. The van der Waals surface area contributed by atoms with Crippen LogP contribution in [0.5, 0.6) is 0 Å². The van der Waals surface area contributed by atoms with E-state index in [2.05, 4.69) is 9.97 Å². The Morgan fingerprint density at radius 2 is 1.84 bits per heavy atom. The normalized spacial score (nSPS) is 11.1. The Morgan fingerprint density at radius 1 is 1.04 bits per heavy atom. The van der Waals surface area contributed by atoms with Crippen LogP contribution in [0.3, 0.4) is 0 Å². The van der Waals surface area contributed by atoms with E-state index in [9.17, 15) is 4.39 Å². The number of aromatic nitrogens is 4. The van der Waals surface area contributed by atoms with Gasteiger partial charge in [0.05, 0.1) is 28.1 Å². The minimum absolute atomic E-state index is 0.265. The smallest absolute Gasteiger partial charge is 0.172 e. The average molecular weight is 350 g/mol. The fourth-order valence-electron chi connectivity index (χ4n) is 2.61. The number of hydrogen-bond donors (Lipinski definition) is 0. The van der Waals surface area contributed by atoms with Crippen molar-refractivity contribution in [2.75, 3.05) is 0 Å². The zero-order chi connectivity index (χ0) is 17.2. The van der Waals surface area contributed by atoms with E-state index in [4.69, 9.17) is 4.98 Å². The van der Waals surface area contributed by atoms with Crippen LogP contribution >= 0.6 is 11.8 Å². The summed E-state index contributed by atoms with van der Waals surface area (Å²) >= 11 is 1.56. The topological polar surface area (TPSA) is 43.6 Å². The highest BCUT2D eigenvalue weighted by Gasteiger charge is 2.10. The Bertz CT molecular complexity index is 1040. The van der Waals surface area contributed by atoms with Crippen LogP contribution in [0.2, 0.25) is 0 Å². The lowest BCUT2D eigenvalue weighted by atomic mass is 10.2. The molecule has 2 heterocycles. The first-order valence-corrected chi connectivity index (χ1v) is 8.83. The van der Waals surface area contributed by atoms with Gasteiger partial charge in [0.15, 0.2) is 5.16 Å². The van der Waals surface area contributed by atoms with Crippen LogP contribution in [0.25, 0.3) is 16.7 Å². The predicted octanol–water partition coefficient (Wildman–Crippen LogP) is 4.56. The molecule has 0 N–H and O–H groups in total. The molecule has 0 bridgehead atoms. The van der Waals surface area contributed by atoms with E-state index in [1.54, 1.807) is 24.0 Å². The molecule has 4 aromatic rings. The zero-order valence-corrected chi connectivity index (χ0v) is 14.4. The van der Waals surface area contributed by atoms with Gasteiger partial charge in [-0.2, -0.15) is 0 Å². The lowest BCUT2D eigenvalue weighted by Gasteiger charge is -2.09. The number of para-hydroxylation sites is 2. The second-order valence-corrected chi connectivity index (χ2v) is 6.54. The van der Waals surface area contributed by atoms with Crippen LogP contribution in [0.15, 0.2) is 66.1 Å². The van der Waals surface area contributed by atoms with E-state index in [0.717, 1.165) is 33.3 Å². The van der Waals surface area contributed by atoms with Gasteiger partial charge in [0.1, 0.15) is 5.82 Å². The molecule has 25 heavy (non-hydrogen) atoms. The second-order valence-electron chi connectivity index (χ2n) is 5.59. The van der Waals surface area contributed by atoms with Gasteiger partial charge in [-0.15, -0.1) is 0 Å². The van der Waals surface area contributed by atoms with E-state index in [-0.39, 0.29) is 5.82 Å². The molecule has 0 radical (unpaired) electrons. The van der Waals surface area contributed by atoms with Crippen LogP contribution in [-0.2, 0) is 5.75 Å². The summed E-state index contributed by atoms with van der Waals surface area (Å²) in [4.78, 5) is 13.7. The van der Waals surface area contributed by atoms with Gasteiger partial charge in [-0.25, -0.2) is 19.3 Å². The molecular weight excluding hydrogens is 335 g/mol. The lowest BCUT2D eigenvalue weighted by molar-refractivity contribution is 0.626. The number of halogens is 1. The molecule has 2 aromatic carbocycles. The van der Waals surface area contributed by atoms with Crippen LogP contribution in [0.1, 0.15) is 11.4 Å². The third-order valence-corrected chi connectivity index (χ3v) is 4.85. The number of fused-ring (bicyclic) bond motifs is 1. The van der Waals surface area contributed by atoms with Crippen LogP contribution < -0.4 is 0 Å². The second kappa shape index (κ2) is 6.64. The van der Waals surface area contributed by atoms with Crippen LogP contribution in [0.4, 0.5) is 4.39 Å². The predicted molar refractivity (Wildman–Crippen MR) is 97.4 cm³/mol. The van der Waals surface area contributed by atoms with Crippen molar-refractivity contribution in [2.24, 2.45) is 0 Å². The Kier molecular flexibility index (Phi) is 4.19. The number of hydrogen-bond acceptors (Lipinski definition) is 4. The molecule has 0 fully saturated rings. The van der Waals surface area contributed by atoms with Gasteiger partial charge in [-0.05, 0) is 37.3 Å². The largest absolute Gasteiger partial charge is 0.295 e. The van der Waals surface area contributed by atoms with E-state index in [1.807, 2.05) is 48.0 Å². The Hall–Kier alpha value is -2.73. The van der Waals surface area contributed by atoms with Crippen molar-refractivity contribution in [1.82, 2.24) is 19.5 Å². The first-order valence-electron chi connectivity index (χ1n) is 7.85. The third-order valence-electron chi connectivity index (χ3n) is 3.87. The Labute approximate surface area is 148 Å². The fourth-order valence-corrected chi connectivity index (χ4v) is 3.59. The third kappa shape index (κ3) is 3.25. The van der Waals surface area contributed by atoms with Gasteiger partial charge in [-0.1, -0.05) is 30.0 Å². The summed E-state index contributed by atoms with van der Waals surface area (Å²) in [7, 11) is 0. The standard InChI is InChI=1S/C19H15FN4S/c1-13-18(23-17-8-3-2-7-16(17)22-13)12-25-19-21-9-10-24(19)15-6-4-5-14(20)11-15/h2-11H,12H2,1H3. The van der Waals surface area contributed by atoms with Gasteiger partial charge in [0.2, 0.25) is 0 Å². The average Bonchev–Trinajstić information content (AvgIpc) is 3.08.